The zero-order chi connectivity index (χ0) is 24.1. The lowest BCUT2D eigenvalue weighted by Crippen LogP contribution is -2.45. The summed E-state index contributed by atoms with van der Waals surface area (Å²) in [7, 11) is 2.13. The van der Waals surface area contributed by atoms with Gasteiger partial charge in [-0.2, -0.15) is 0 Å². The van der Waals surface area contributed by atoms with E-state index in [-0.39, 0.29) is 18.0 Å². The van der Waals surface area contributed by atoms with E-state index in [1.165, 1.54) is 11.1 Å². The second kappa shape index (κ2) is 11.2. The number of carbonyl (C=O) groups excluding carboxylic acids is 2. The van der Waals surface area contributed by atoms with Crippen molar-refractivity contribution < 1.29 is 14.3 Å². The van der Waals surface area contributed by atoms with Crippen LogP contribution in [-0.2, 0) is 22.4 Å². The van der Waals surface area contributed by atoms with Gasteiger partial charge in [-0.1, -0.05) is 24.6 Å². The van der Waals surface area contributed by atoms with Gasteiger partial charge in [0, 0.05) is 49.1 Å². The minimum atomic E-state index is -0.612. The first kappa shape index (κ1) is 24.5. The summed E-state index contributed by atoms with van der Waals surface area (Å²) in [6.45, 7) is 5.05. The van der Waals surface area contributed by atoms with E-state index in [4.69, 9.17) is 16.3 Å². The van der Waals surface area contributed by atoms with Crippen molar-refractivity contribution in [1.29, 1.82) is 0 Å². The Morgan fingerprint density at radius 1 is 1.03 bits per heavy atom. The fraction of sp³-hybridized carbons (Fsp3) is 0.462. The summed E-state index contributed by atoms with van der Waals surface area (Å²) in [5.74, 6) is -0.195. The van der Waals surface area contributed by atoms with Gasteiger partial charge in [-0.3, -0.25) is 4.79 Å². The number of benzene rings is 2. The highest BCUT2D eigenvalue weighted by atomic mass is 35.5. The molecule has 0 aliphatic carbocycles. The van der Waals surface area contributed by atoms with Gasteiger partial charge in [-0.05, 0) is 73.8 Å². The Hall–Kier alpha value is -2.61. The predicted molar refractivity (Wildman–Crippen MR) is 136 cm³/mol. The van der Waals surface area contributed by atoms with Crippen LogP contribution >= 0.6 is 11.6 Å². The summed E-state index contributed by atoms with van der Waals surface area (Å²) in [5, 5.41) is 6.52. The molecule has 0 bridgehead atoms. The molecule has 7 nitrogen and oxygen atoms in total. The second-order valence-electron chi connectivity index (χ2n) is 9.11. The zero-order valence-corrected chi connectivity index (χ0v) is 20.6. The highest BCUT2D eigenvalue weighted by Gasteiger charge is 2.40. The van der Waals surface area contributed by atoms with Crippen molar-refractivity contribution in [3.63, 3.8) is 0 Å². The number of anilines is 2. The molecular weight excluding hydrogens is 452 g/mol. The molecule has 2 aromatic carbocycles. The van der Waals surface area contributed by atoms with Gasteiger partial charge in [0.1, 0.15) is 6.04 Å². The number of nitrogens with zero attached hydrogens (tertiary/aromatic N) is 2. The molecule has 0 spiro atoms. The van der Waals surface area contributed by atoms with Gasteiger partial charge in [0.05, 0.1) is 6.10 Å². The van der Waals surface area contributed by atoms with Crippen molar-refractivity contribution in [3.8, 4) is 0 Å². The first-order valence-corrected chi connectivity index (χ1v) is 12.4. The molecular formula is C26H33ClN4O3. The third-order valence-corrected chi connectivity index (χ3v) is 6.73. The summed E-state index contributed by atoms with van der Waals surface area (Å²) >= 11 is 5.95. The van der Waals surface area contributed by atoms with E-state index in [1.807, 2.05) is 13.0 Å². The fourth-order valence-corrected chi connectivity index (χ4v) is 4.67. The van der Waals surface area contributed by atoms with E-state index < -0.39 is 6.04 Å². The summed E-state index contributed by atoms with van der Waals surface area (Å²) < 4.78 is 5.90. The molecule has 2 atom stereocenters. The highest BCUT2D eigenvalue weighted by molar-refractivity contribution is 6.30. The number of likely N-dealkylation sites (N-methyl/N-ethyl adjacent to an activating group) is 1. The van der Waals surface area contributed by atoms with E-state index >= 15 is 0 Å². The van der Waals surface area contributed by atoms with Crippen molar-refractivity contribution in [3.05, 3.63) is 58.6 Å². The third kappa shape index (κ3) is 6.09. The second-order valence-corrected chi connectivity index (χ2v) is 9.55. The largest absolute Gasteiger partial charge is 0.376 e. The Labute approximate surface area is 206 Å². The van der Waals surface area contributed by atoms with Gasteiger partial charge < -0.3 is 25.2 Å². The molecule has 2 aromatic rings. The molecule has 0 radical (unpaired) electrons. The van der Waals surface area contributed by atoms with Crippen LogP contribution in [0.1, 0.15) is 30.9 Å². The van der Waals surface area contributed by atoms with Gasteiger partial charge >= 0.3 is 6.03 Å². The molecule has 2 heterocycles. The maximum absolute atomic E-state index is 13.3. The molecule has 8 heteroatoms. The Kier molecular flexibility index (Phi) is 8.08. The molecule has 34 heavy (non-hydrogen) atoms. The Morgan fingerprint density at radius 2 is 1.74 bits per heavy atom. The van der Waals surface area contributed by atoms with Gasteiger partial charge in [0.15, 0.2) is 0 Å². The Bertz CT molecular complexity index is 1010. The molecule has 2 N–H and O–H groups in total. The van der Waals surface area contributed by atoms with Gasteiger partial charge in [0.25, 0.3) is 0 Å². The molecule has 0 unspecified atom stereocenters. The van der Waals surface area contributed by atoms with Crippen LogP contribution in [0.15, 0.2) is 42.5 Å². The zero-order valence-electron chi connectivity index (χ0n) is 19.9. The number of amides is 3. The minimum absolute atomic E-state index is 0.172. The lowest BCUT2D eigenvalue weighted by molar-refractivity contribution is -0.119. The number of urea groups is 1. The average molecular weight is 485 g/mol. The third-order valence-electron chi connectivity index (χ3n) is 6.48. The van der Waals surface area contributed by atoms with Crippen LogP contribution < -0.4 is 10.6 Å². The number of rotatable bonds is 6. The van der Waals surface area contributed by atoms with Crippen molar-refractivity contribution in [1.82, 2.24) is 9.80 Å². The van der Waals surface area contributed by atoms with Crippen LogP contribution in [0.4, 0.5) is 16.2 Å². The van der Waals surface area contributed by atoms with Crippen molar-refractivity contribution >= 4 is 34.9 Å². The smallest absolute Gasteiger partial charge is 0.322 e. The van der Waals surface area contributed by atoms with E-state index in [9.17, 15) is 9.59 Å². The molecule has 0 saturated carbocycles. The number of nitrogens with one attached hydrogen (secondary N) is 2. The SMILES string of the molecule is CCCO[C@@H]1C[C@H](C(=O)Nc2ccc3c(c2)CCN(C)CC3)N(C(=O)Nc2ccc(Cl)cc2)C1. The standard InChI is InChI=1S/C26H33ClN4O3/c1-3-14-34-23-16-24(31(17-23)26(33)29-21-8-5-20(27)6-9-21)25(32)28-22-7-4-18-10-12-30(2)13-11-19(18)15-22/h4-9,15,23-24H,3,10-14,16-17H2,1-2H3,(H,28,32)(H,29,33)/t23-,24-/m1/s1. The van der Waals surface area contributed by atoms with Gasteiger partial charge in [0.2, 0.25) is 5.91 Å². The first-order valence-electron chi connectivity index (χ1n) is 12.0. The van der Waals surface area contributed by atoms with Crippen LogP contribution in [0.25, 0.3) is 0 Å². The quantitative estimate of drug-likeness (QED) is 0.637. The molecule has 1 saturated heterocycles. The van der Waals surface area contributed by atoms with Gasteiger partial charge in [-0.15, -0.1) is 0 Å². The molecule has 2 aliphatic heterocycles. The number of halogens is 1. The monoisotopic (exact) mass is 484 g/mol. The number of fused-ring (bicyclic) bond motifs is 1. The van der Waals surface area contributed by atoms with E-state index in [2.05, 4.69) is 34.7 Å². The maximum atomic E-state index is 13.3. The highest BCUT2D eigenvalue weighted by Crippen LogP contribution is 2.25. The average Bonchev–Trinajstić information content (AvgIpc) is 3.18. The number of likely N-dealkylation sites (tertiary alicyclic amines) is 1. The maximum Gasteiger partial charge on any atom is 0.322 e. The summed E-state index contributed by atoms with van der Waals surface area (Å²) in [4.78, 5) is 30.3. The van der Waals surface area contributed by atoms with Crippen LogP contribution in [0.3, 0.4) is 0 Å². The molecule has 1 fully saturated rings. The van der Waals surface area contributed by atoms with Crippen molar-refractivity contribution in [2.45, 2.75) is 44.8 Å². The van der Waals surface area contributed by atoms with E-state index in [0.29, 0.717) is 30.3 Å². The van der Waals surface area contributed by atoms with Crippen LogP contribution in [0, 0.1) is 0 Å². The molecule has 182 valence electrons. The van der Waals surface area contributed by atoms with Crippen molar-refractivity contribution in [2.24, 2.45) is 0 Å². The summed E-state index contributed by atoms with van der Waals surface area (Å²) in [6.07, 6.45) is 3.15. The normalized spacial score (nSPS) is 20.5. The lowest BCUT2D eigenvalue weighted by Gasteiger charge is -2.24. The van der Waals surface area contributed by atoms with E-state index in [0.717, 1.165) is 38.0 Å². The summed E-state index contributed by atoms with van der Waals surface area (Å²) in [6, 6.07) is 12.1. The molecule has 4 rings (SSSR count). The molecule has 0 aromatic heterocycles. The lowest BCUT2D eigenvalue weighted by atomic mass is 10.0. The Morgan fingerprint density at radius 3 is 2.47 bits per heavy atom. The Balaban J connectivity index is 1.47. The molecule has 2 aliphatic rings. The van der Waals surface area contributed by atoms with E-state index in [1.54, 1.807) is 29.2 Å². The van der Waals surface area contributed by atoms with Crippen molar-refractivity contribution in [2.75, 3.05) is 43.9 Å². The minimum Gasteiger partial charge on any atom is -0.376 e. The first-order chi connectivity index (χ1) is 16.4. The number of hydrogen-bond acceptors (Lipinski definition) is 4. The number of hydrogen-bond donors (Lipinski definition) is 2. The topological polar surface area (TPSA) is 73.9 Å². The van der Waals surface area contributed by atoms with Crippen LogP contribution in [0.5, 0.6) is 0 Å². The molecule has 3 amide bonds. The van der Waals surface area contributed by atoms with Crippen LogP contribution in [-0.4, -0.2) is 67.2 Å². The number of carbonyl (C=O) groups is 2. The van der Waals surface area contributed by atoms with Gasteiger partial charge in [-0.25, -0.2) is 4.79 Å². The predicted octanol–water partition coefficient (Wildman–Crippen LogP) is 4.41. The summed E-state index contributed by atoms with van der Waals surface area (Å²) in [5.41, 5.74) is 4.00. The van der Waals surface area contributed by atoms with Crippen LogP contribution in [0.2, 0.25) is 5.02 Å². The number of ether oxygens (including phenoxy) is 1. The fourth-order valence-electron chi connectivity index (χ4n) is 4.54.